The van der Waals surface area contributed by atoms with E-state index in [0.29, 0.717) is 12.4 Å². The summed E-state index contributed by atoms with van der Waals surface area (Å²) < 4.78 is 5.36. The number of hydrogen-bond donors (Lipinski definition) is 2. The zero-order chi connectivity index (χ0) is 16.1. The molecular weight excluding hydrogens is 290 g/mol. The number of aromatic nitrogens is 1. The third-order valence-electron chi connectivity index (χ3n) is 3.89. The minimum absolute atomic E-state index is 0.120. The molecule has 0 aliphatic carbocycles. The number of nitrogens with one attached hydrogen (secondary N) is 2. The Hall–Kier alpha value is -2.40. The molecule has 0 saturated carbocycles. The van der Waals surface area contributed by atoms with Gasteiger partial charge in [-0.1, -0.05) is 19.1 Å². The normalized spacial score (nSPS) is 17.0. The van der Waals surface area contributed by atoms with Crippen LogP contribution in [0, 0.1) is 0 Å². The first-order valence-electron chi connectivity index (χ1n) is 7.99. The molecule has 1 saturated heterocycles. The molecule has 2 N–H and O–H groups in total. The highest BCUT2D eigenvalue weighted by Crippen LogP contribution is 2.19. The fraction of sp³-hybridized carbons (Fsp3) is 0.333. The van der Waals surface area contributed by atoms with Crippen molar-refractivity contribution >= 4 is 23.1 Å². The maximum atomic E-state index is 12.0. The number of hydrogen-bond acceptors (Lipinski definition) is 4. The van der Waals surface area contributed by atoms with Gasteiger partial charge in [0.15, 0.2) is 0 Å². The van der Waals surface area contributed by atoms with Crippen LogP contribution in [0.25, 0.3) is 0 Å². The van der Waals surface area contributed by atoms with E-state index in [4.69, 9.17) is 4.74 Å². The number of carbonyl (C=O) groups excluding carboxylic acids is 1. The number of pyridine rings is 1. The summed E-state index contributed by atoms with van der Waals surface area (Å²) in [5, 5.41) is 6.08. The van der Waals surface area contributed by atoms with Crippen molar-refractivity contribution in [1.82, 2.24) is 4.98 Å². The minimum Gasteiger partial charge on any atom is -0.368 e. The molecule has 0 spiro atoms. The molecule has 0 radical (unpaired) electrons. The maximum absolute atomic E-state index is 12.0. The van der Waals surface area contributed by atoms with Gasteiger partial charge in [0.2, 0.25) is 0 Å². The van der Waals surface area contributed by atoms with E-state index in [1.165, 1.54) is 5.56 Å². The molecule has 1 fully saturated rings. The van der Waals surface area contributed by atoms with Crippen molar-refractivity contribution in [3.05, 3.63) is 48.2 Å². The molecule has 5 heteroatoms. The quantitative estimate of drug-likeness (QED) is 0.887. The lowest BCUT2D eigenvalue weighted by Crippen LogP contribution is -2.27. The van der Waals surface area contributed by atoms with Crippen LogP contribution in [-0.2, 0) is 16.0 Å². The zero-order valence-electron chi connectivity index (χ0n) is 13.2. The van der Waals surface area contributed by atoms with Crippen LogP contribution in [0.1, 0.15) is 25.3 Å². The molecule has 23 heavy (non-hydrogen) atoms. The average molecular weight is 311 g/mol. The highest BCUT2D eigenvalue weighted by Gasteiger charge is 2.23. The van der Waals surface area contributed by atoms with Crippen LogP contribution in [0.2, 0.25) is 0 Å². The van der Waals surface area contributed by atoms with Gasteiger partial charge in [-0.25, -0.2) is 4.98 Å². The molecule has 120 valence electrons. The van der Waals surface area contributed by atoms with E-state index in [1.807, 2.05) is 18.2 Å². The van der Waals surface area contributed by atoms with Crippen LogP contribution in [-0.4, -0.2) is 23.6 Å². The first-order valence-corrected chi connectivity index (χ1v) is 7.99. The van der Waals surface area contributed by atoms with Gasteiger partial charge in [-0.2, -0.15) is 0 Å². The summed E-state index contributed by atoms with van der Waals surface area (Å²) in [5.74, 6) is 0.420. The van der Waals surface area contributed by atoms with Gasteiger partial charge in [-0.3, -0.25) is 4.79 Å². The Labute approximate surface area is 136 Å². The third kappa shape index (κ3) is 4.07. The minimum atomic E-state index is -0.341. The molecule has 2 aromatic rings. The summed E-state index contributed by atoms with van der Waals surface area (Å²) in [5.41, 5.74) is 3.20. The zero-order valence-corrected chi connectivity index (χ0v) is 13.2. The monoisotopic (exact) mass is 311 g/mol. The Morgan fingerprint density at radius 2 is 2.00 bits per heavy atom. The smallest absolute Gasteiger partial charge is 0.254 e. The maximum Gasteiger partial charge on any atom is 0.254 e. The average Bonchev–Trinajstić information content (AvgIpc) is 3.12. The number of aryl methyl sites for hydroxylation is 1. The van der Waals surface area contributed by atoms with Crippen molar-refractivity contribution in [2.24, 2.45) is 0 Å². The Morgan fingerprint density at radius 3 is 2.61 bits per heavy atom. The largest absolute Gasteiger partial charge is 0.368 e. The van der Waals surface area contributed by atoms with Crippen LogP contribution in [0.5, 0.6) is 0 Å². The van der Waals surface area contributed by atoms with Gasteiger partial charge in [-0.15, -0.1) is 0 Å². The molecule has 1 aliphatic heterocycles. The number of carbonyl (C=O) groups is 1. The number of rotatable bonds is 5. The Balaban J connectivity index is 1.58. The molecule has 1 aromatic heterocycles. The lowest BCUT2D eigenvalue weighted by molar-refractivity contribution is -0.124. The summed E-state index contributed by atoms with van der Waals surface area (Å²) in [7, 11) is 0. The summed E-state index contributed by atoms with van der Waals surface area (Å²) in [6.45, 7) is 2.79. The van der Waals surface area contributed by atoms with E-state index in [9.17, 15) is 4.79 Å². The van der Waals surface area contributed by atoms with E-state index in [0.717, 1.165) is 30.6 Å². The molecule has 0 bridgehead atoms. The highest BCUT2D eigenvalue weighted by molar-refractivity contribution is 5.93. The first-order chi connectivity index (χ1) is 11.2. The highest BCUT2D eigenvalue weighted by atomic mass is 16.5. The van der Waals surface area contributed by atoms with Gasteiger partial charge >= 0.3 is 0 Å². The topological polar surface area (TPSA) is 63.2 Å². The lowest BCUT2D eigenvalue weighted by Gasteiger charge is -2.11. The number of ether oxygens (including phenoxy) is 1. The Kier molecular flexibility index (Phi) is 4.88. The van der Waals surface area contributed by atoms with E-state index < -0.39 is 0 Å². The number of amides is 1. The van der Waals surface area contributed by atoms with Crippen molar-refractivity contribution in [2.45, 2.75) is 32.3 Å². The molecular formula is C18H21N3O2. The van der Waals surface area contributed by atoms with E-state index in [2.05, 4.69) is 34.7 Å². The van der Waals surface area contributed by atoms with Crippen LogP contribution < -0.4 is 10.6 Å². The summed E-state index contributed by atoms with van der Waals surface area (Å²) >= 11 is 0. The molecule has 1 amide bonds. The molecule has 5 nitrogen and oxygen atoms in total. The lowest BCUT2D eigenvalue weighted by atomic mass is 10.1. The second-order valence-electron chi connectivity index (χ2n) is 5.60. The number of benzene rings is 1. The van der Waals surface area contributed by atoms with Crippen LogP contribution in [0.4, 0.5) is 17.2 Å². The second kappa shape index (κ2) is 7.24. The van der Waals surface area contributed by atoms with Crippen molar-refractivity contribution in [2.75, 3.05) is 17.2 Å². The van der Waals surface area contributed by atoms with Crippen LogP contribution in [0.15, 0.2) is 42.6 Å². The predicted molar refractivity (Wildman–Crippen MR) is 90.9 cm³/mol. The van der Waals surface area contributed by atoms with Crippen molar-refractivity contribution in [3.8, 4) is 0 Å². The standard InChI is InChI=1S/C18H21N3O2/c1-2-13-5-7-14(8-6-13)20-15-9-10-17(19-12-15)21-18(22)16-4-3-11-23-16/h5-10,12,16,20H,2-4,11H2,1H3,(H,19,21,22). The molecule has 3 rings (SSSR count). The molecule has 1 atom stereocenters. The van der Waals surface area contributed by atoms with E-state index in [1.54, 1.807) is 12.3 Å². The number of anilines is 3. The first kappa shape index (κ1) is 15.5. The van der Waals surface area contributed by atoms with Crippen molar-refractivity contribution in [3.63, 3.8) is 0 Å². The summed E-state index contributed by atoms with van der Waals surface area (Å²) in [6.07, 6.45) is 4.11. The van der Waals surface area contributed by atoms with Gasteiger partial charge in [0.25, 0.3) is 5.91 Å². The van der Waals surface area contributed by atoms with E-state index >= 15 is 0 Å². The van der Waals surface area contributed by atoms with Gasteiger partial charge in [0.1, 0.15) is 11.9 Å². The summed E-state index contributed by atoms with van der Waals surface area (Å²) in [4.78, 5) is 16.2. The van der Waals surface area contributed by atoms with Gasteiger partial charge in [-0.05, 0) is 49.1 Å². The van der Waals surface area contributed by atoms with Crippen LogP contribution >= 0.6 is 0 Å². The van der Waals surface area contributed by atoms with Gasteiger partial charge < -0.3 is 15.4 Å². The Morgan fingerprint density at radius 1 is 1.22 bits per heavy atom. The SMILES string of the molecule is CCc1ccc(Nc2ccc(NC(=O)C3CCCO3)nc2)cc1. The summed E-state index contributed by atoms with van der Waals surface area (Å²) in [6, 6.07) is 12.0. The van der Waals surface area contributed by atoms with Crippen LogP contribution in [0.3, 0.4) is 0 Å². The van der Waals surface area contributed by atoms with E-state index in [-0.39, 0.29) is 12.0 Å². The van der Waals surface area contributed by atoms with Crippen molar-refractivity contribution in [1.29, 1.82) is 0 Å². The number of nitrogens with zero attached hydrogens (tertiary/aromatic N) is 1. The van der Waals surface area contributed by atoms with Gasteiger partial charge in [0.05, 0.1) is 11.9 Å². The van der Waals surface area contributed by atoms with Crippen molar-refractivity contribution < 1.29 is 9.53 Å². The molecule has 2 heterocycles. The molecule has 1 aromatic carbocycles. The van der Waals surface area contributed by atoms with Gasteiger partial charge in [0, 0.05) is 12.3 Å². The third-order valence-corrected chi connectivity index (χ3v) is 3.89. The fourth-order valence-electron chi connectivity index (χ4n) is 2.52. The molecule has 1 aliphatic rings. The fourth-order valence-corrected chi connectivity index (χ4v) is 2.52. The second-order valence-corrected chi connectivity index (χ2v) is 5.60. The predicted octanol–water partition coefficient (Wildman–Crippen LogP) is 3.51. The Bertz CT molecular complexity index is 647. The molecule has 1 unspecified atom stereocenters.